The maximum absolute atomic E-state index is 12.9. The molecule has 0 aliphatic rings. The molecule has 0 unspecified atom stereocenters. The highest BCUT2D eigenvalue weighted by atomic mass is 35.5. The number of rotatable bonds is 0. The Hall–Kier alpha value is -3.44. The van der Waals surface area contributed by atoms with Crippen molar-refractivity contribution in [2.24, 2.45) is 0 Å². The van der Waals surface area contributed by atoms with E-state index in [4.69, 9.17) is 9.40 Å². The van der Waals surface area contributed by atoms with Gasteiger partial charge in [0.15, 0.2) is 0 Å². The third kappa shape index (κ3) is 1.97. The van der Waals surface area contributed by atoms with Gasteiger partial charge in [-0.3, -0.25) is 9.20 Å². The van der Waals surface area contributed by atoms with Crippen LogP contribution in [0.1, 0.15) is 0 Å². The van der Waals surface area contributed by atoms with E-state index in [9.17, 15) is 9.59 Å². The topological polar surface area (TPSA) is 64.6 Å². The SMILES string of the molecule is Cl.O=c1cc2cc3c4nc5cccc6cccc(c4cn3c(=O)c2co1)c65. The minimum absolute atomic E-state index is 0. The van der Waals surface area contributed by atoms with E-state index in [2.05, 4.69) is 12.1 Å². The summed E-state index contributed by atoms with van der Waals surface area (Å²) in [6, 6.07) is 15.3. The van der Waals surface area contributed by atoms with Crippen LogP contribution in [0.2, 0.25) is 0 Å². The predicted octanol–water partition coefficient (Wildman–Crippen LogP) is 4.12. The summed E-state index contributed by atoms with van der Waals surface area (Å²) in [5, 5.41) is 5.12. The molecule has 0 aliphatic carbocycles. The fraction of sp³-hybridized carbons (Fsp3) is 0. The molecule has 130 valence electrons. The molecule has 4 heterocycles. The van der Waals surface area contributed by atoms with E-state index < -0.39 is 5.63 Å². The van der Waals surface area contributed by atoms with Crippen molar-refractivity contribution in [1.82, 2.24) is 9.38 Å². The van der Waals surface area contributed by atoms with Crippen molar-refractivity contribution in [1.29, 1.82) is 0 Å². The van der Waals surface area contributed by atoms with Crippen molar-refractivity contribution in [2.45, 2.75) is 0 Å². The number of pyridine rings is 2. The first kappa shape index (κ1) is 15.8. The summed E-state index contributed by atoms with van der Waals surface area (Å²) in [7, 11) is 0. The lowest BCUT2D eigenvalue weighted by Crippen LogP contribution is -2.12. The second-order valence-electron chi connectivity index (χ2n) is 6.46. The van der Waals surface area contributed by atoms with E-state index in [-0.39, 0.29) is 18.0 Å². The second-order valence-corrected chi connectivity index (χ2v) is 6.46. The zero-order chi connectivity index (χ0) is 17.4. The summed E-state index contributed by atoms with van der Waals surface area (Å²) in [6.07, 6.45) is 3.05. The first-order chi connectivity index (χ1) is 12.7. The lowest BCUT2D eigenvalue weighted by molar-refractivity contribution is 0.517. The van der Waals surface area contributed by atoms with Crippen LogP contribution in [-0.2, 0) is 0 Å². The van der Waals surface area contributed by atoms with Gasteiger partial charge in [0.1, 0.15) is 6.26 Å². The molecule has 6 heteroatoms. The Bertz CT molecular complexity index is 1630. The number of aromatic nitrogens is 2. The molecule has 2 aromatic carbocycles. The molecule has 6 rings (SSSR count). The van der Waals surface area contributed by atoms with E-state index in [1.807, 2.05) is 36.5 Å². The van der Waals surface area contributed by atoms with Crippen molar-refractivity contribution in [3.8, 4) is 0 Å². The van der Waals surface area contributed by atoms with Crippen LogP contribution >= 0.6 is 12.4 Å². The molecular formula is C21H11ClN2O3. The molecule has 0 bridgehead atoms. The molecular weight excluding hydrogens is 364 g/mol. The van der Waals surface area contributed by atoms with Gasteiger partial charge in [-0.2, -0.15) is 0 Å². The molecule has 5 nitrogen and oxygen atoms in total. The van der Waals surface area contributed by atoms with E-state index in [0.717, 1.165) is 32.6 Å². The van der Waals surface area contributed by atoms with Crippen LogP contribution in [-0.4, -0.2) is 9.38 Å². The lowest BCUT2D eigenvalue weighted by atomic mass is 10.0. The van der Waals surface area contributed by atoms with Gasteiger partial charge in [-0.05, 0) is 28.3 Å². The average molecular weight is 375 g/mol. The van der Waals surface area contributed by atoms with Gasteiger partial charge in [-0.25, -0.2) is 9.78 Å². The number of hydrogen-bond donors (Lipinski definition) is 0. The maximum Gasteiger partial charge on any atom is 0.336 e. The Balaban J connectivity index is 0.00000160. The molecule has 0 fully saturated rings. The molecule has 0 saturated carbocycles. The van der Waals surface area contributed by atoms with Crippen LogP contribution in [0.5, 0.6) is 0 Å². The standard InChI is InChI=1S/C21H10N2O3.ClH/c24-18-8-12-7-17-20-14(9-23(17)21(25)15(12)10-26-18)13-5-1-3-11-4-2-6-16(22-20)19(11)13;/h1-10H;1H. The number of hydrogen-bond acceptors (Lipinski definition) is 4. The van der Waals surface area contributed by atoms with Gasteiger partial charge in [0, 0.05) is 23.0 Å². The van der Waals surface area contributed by atoms with Crippen LogP contribution < -0.4 is 11.2 Å². The van der Waals surface area contributed by atoms with Gasteiger partial charge in [-0.1, -0.05) is 30.3 Å². The molecule has 27 heavy (non-hydrogen) atoms. The van der Waals surface area contributed by atoms with Crippen LogP contribution in [0, 0.1) is 0 Å². The first-order valence-electron chi connectivity index (χ1n) is 8.22. The van der Waals surface area contributed by atoms with Crippen molar-refractivity contribution < 1.29 is 4.42 Å². The highest BCUT2D eigenvalue weighted by Gasteiger charge is 2.15. The molecule has 6 aromatic rings. The van der Waals surface area contributed by atoms with Crippen LogP contribution in [0.25, 0.3) is 48.9 Å². The zero-order valence-electron chi connectivity index (χ0n) is 13.8. The van der Waals surface area contributed by atoms with Crippen molar-refractivity contribution in [3.63, 3.8) is 0 Å². The number of nitrogens with zero attached hydrogens (tertiary/aromatic N) is 2. The normalized spacial score (nSPS) is 11.7. The quantitative estimate of drug-likeness (QED) is 0.401. The molecule has 0 spiro atoms. The Morgan fingerprint density at radius 3 is 2.56 bits per heavy atom. The van der Waals surface area contributed by atoms with Gasteiger partial charge < -0.3 is 4.42 Å². The van der Waals surface area contributed by atoms with Gasteiger partial charge in [0.2, 0.25) is 0 Å². The minimum atomic E-state index is -0.478. The molecule has 0 amide bonds. The smallest absolute Gasteiger partial charge is 0.336 e. The Kier molecular flexibility index (Phi) is 3.09. The zero-order valence-corrected chi connectivity index (χ0v) is 14.6. The Morgan fingerprint density at radius 1 is 0.889 bits per heavy atom. The number of benzene rings is 2. The predicted molar refractivity (Wildman–Crippen MR) is 108 cm³/mol. The van der Waals surface area contributed by atoms with Crippen molar-refractivity contribution in [3.05, 3.63) is 81.8 Å². The largest absolute Gasteiger partial charge is 0.430 e. The monoisotopic (exact) mass is 374 g/mol. The molecule has 0 atom stereocenters. The summed E-state index contributed by atoms with van der Waals surface area (Å²) in [5.41, 5.74) is 1.63. The van der Waals surface area contributed by atoms with Crippen molar-refractivity contribution in [2.75, 3.05) is 0 Å². The summed E-state index contributed by atoms with van der Waals surface area (Å²) in [6.45, 7) is 0. The van der Waals surface area contributed by atoms with E-state index in [1.165, 1.54) is 12.3 Å². The van der Waals surface area contributed by atoms with Gasteiger partial charge in [0.25, 0.3) is 5.56 Å². The van der Waals surface area contributed by atoms with Gasteiger partial charge >= 0.3 is 5.63 Å². The third-order valence-corrected chi connectivity index (χ3v) is 5.04. The summed E-state index contributed by atoms with van der Waals surface area (Å²) in [4.78, 5) is 29.3. The molecule has 0 saturated heterocycles. The van der Waals surface area contributed by atoms with Gasteiger partial charge in [-0.15, -0.1) is 12.4 Å². The number of halogens is 1. The molecule has 0 radical (unpaired) electrons. The average Bonchev–Trinajstić information content (AvgIpc) is 3.01. The fourth-order valence-corrected chi connectivity index (χ4v) is 3.89. The van der Waals surface area contributed by atoms with E-state index >= 15 is 0 Å². The Labute approximate surface area is 157 Å². The first-order valence-corrected chi connectivity index (χ1v) is 8.22. The second kappa shape index (κ2) is 5.28. The van der Waals surface area contributed by atoms with Crippen LogP contribution in [0.4, 0.5) is 0 Å². The van der Waals surface area contributed by atoms with Crippen LogP contribution in [0.3, 0.4) is 0 Å². The van der Waals surface area contributed by atoms with Crippen LogP contribution in [0.15, 0.2) is 75.0 Å². The molecule has 0 aliphatic heterocycles. The van der Waals surface area contributed by atoms with E-state index in [0.29, 0.717) is 16.3 Å². The summed E-state index contributed by atoms with van der Waals surface area (Å²) < 4.78 is 6.46. The fourth-order valence-electron chi connectivity index (χ4n) is 3.89. The molecule has 0 N–H and O–H groups in total. The summed E-state index contributed by atoms with van der Waals surface area (Å²) in [5.74, 6) is 0. The third-order valence-electron chi connectivity index (χ3n) is 5.04. The van der Waals surface area contributed by atoms with E-state index in [1.54, 1.807) is 4.40 Å². The highest BCUT2D eigenvalue weighted by Crippen LogP contribution is 2.33. The van der Waals surface area contributed by atoms with Crippen molar-refractivity contribution >= 4 is 61.3 Å². The minimum Gasteiger partial charge on any atom is -0.430 e. The summed E-state index contributed by atoms with van der Waals surface area (Å²) >= 11 is 0. The lowest BCUT2D eigenvalue weighted by Gasteiger charge is -2.05. The molecule has 4 aromatic heterocycles. The highest BCUT2D eigenvalue weighted by molar-refractivity contribution is 6.21. The number of fused-ring (bicyclic) bond motifs is 5. The van der Waals surface area contributed by atoms with Gasteiger partial charge in [0.05, 0.1) is 21.9 Å². The Morgan fingerprint density at radius 2 is 1.70 bits per heavy atom. The maximum atomic E-state index is 12.9.